The molecule has 0 fully saturated rings. The zero-order chi connectivity index (χ0) is 20.1. The summed E-state index contributed by atoms with van der Waals surface area (Å²) in [6, 6.07) is 14.7. The molecule has 2 amide bonds. The lowest BCUT2D eigenvalue weighted by molar-refractivity contribution is -0.126. The normalized spacial score (nSPS) is 15.8. The van der Waals surface area contributed by atoms with Crippen LogP contribution in [0.25, 0.3) is 0 Å². The van der Waals surface area contributed by atoms with E-state index in [1.807, 2.05) is 63.2 Å². The van der Waals surface area contributed by atoms with Gasteiger partial charge in [-0.05, 0) is 44.5 Å². The number of anilines is 2. The monoisotopic (exact) mass is 382 g/mol. The van der Waals surface area contributed by atoms with Crippen molar-refractivity contribution in [2.75, 3.05) is 16.8 Å². The standard InChI is InChI=1S/C22H26N2O4/c1-4-18-22(26)24(17-10-6-8-12-20(17)28-18)14-13-21(25)23-16-9-5-7-11-19(16)27-15(2)3/h5-12,15,18H,4,13-14H2,1-3H3,(H,23,25). The first-order valence-electron chi connectivity index (χ1n) is 9.62. The van der Waals surface area contributed by atoms with E-state index in [1.54, 1.807) is 11.0 Å². The zero-order valence-corrected chi connectivity index (χ0v) is 16.5. The molecule has 2 aromatic rings. The number of para-hydroxylation sites is 4. The Morgan fingerprint density at radius 2 is 1.89 bits per heavy atom. The van der Waals surface area contributed by atoms with E-state index in [4.69, 9.17) is 9.47 Å². The van der Waals surface area contributed by atoms with E-state index in [-0.39, 0.29) is 30.9 Å². The Hall–Kier alpha value is -3.02. The van der Waals surface area contributed by atoms with Crippen molar-refractivity contribution in [1.82, 2.24) is 0 Å². The molecule has 148 valence electrons. The van der Waals surface area contributed by atoms with Gasteiger partial charge in [0, 0.05) is 13.0 Å². The van der Waals surface area contributed by atoms with Crippen molar-refractivity contribution in [1.29, 1.82) is 0 Å². The number of nitrogens with zero attached hydrogens (tertiary/aromatic N) is 1. The lowest BCUT2D eigenvalue weighted by Crippen LogP contribution is -2.46. The second kappa shape index (κ2) is 8.78. The average molecular weight is 382 g/mol. The van der Waals surface area contributed by atoms with Crippen LogP contribution in [0, 0.1) is 0 Å². The number of amides is 2. The predicted octanol–water partition coefficient (Wildman–Crippen LogP) is 4.01. The highest BCUT2D eigenvalue weighted by molar-refractivity contribution is 6.01. The fourth-order valence-corrected chi connectivity index (χ4v) is 3.12. The molecule has 0 radical (unpaired) electrons. The first-order valence-corrected chi connectivity index (χ1v) is 9.62. The second-order valence-corrected chi connectivity index (χ2v) is 6.93. The van der Waals surface area contributed by atoms with Crippen molar-refractivity contribution >= 4 is 23.2 Å². The molecule has 0 saturated carbocycles. The Kier molecular flexibility index (Phi) is 6.19. The van der Waals surface area contributed by atoms with Gasteiger partial charge in [-0.2, -0.15) is 0 Å². The van der Waals surface area contributed by atoms with Crippen LogP contribution in [0.4, 0.5) is 11.4 Å². The minimum Gasteiger partial charge on any atom is -0.489 e. The molecule has 0 bridgehead atoms. The van der Waals surface area contributed by atoms with Gasteiger partial charge in [0.1, 0.15) is 11.5 Å². The first-order chi connectivity index (χ1) is 13.5. The van der Waals surface area contributed by atoms with Crippen LogP contribution < -0.4 is 19.7 Å². The Bertz CT molecular complexity index is 850. The Morgan fingerprint density at radius 1 is 1.18 bits per heavy atom. The number of hydrogen-bond acceptors (Lipinski definition) is 4. The van der Waals surface area contributed by atoms with Crippen LogP contribution in [0.1, 0.15) is 33.6 Å². The summed E-state index contributed by atoms with van der Waals surface area (Å²) in [5.74, 6) is 1.01. The summed E-state index contributed by atoms with van der Waals surface area (Å²) in [6.45, 7) is 6.07. The topological polar surface area (TPSA) is 67.9 Å². The van der Waals surface area contributed by atoms with Gasteiger partial charge in [-0.25, -0.2) is 0 Å². The Morgan fingerprint density at radius 3 is 2.64 bits per heavy atom. The van der Waals surface area contributed by atoms with Gasteiger partial charge < -0.3 is 19.7 Å². The van der Waals surface area contributed by atoms with Gasteiger partial charge in [-0.3, -0.25) is 9.59 Å². The maximum atomic E-state index is 12.7. The molecule has 0 saturated heterocycles. The average Bonchev–Trinajstić information content (AvgIpc) is 2.68. The maximum absolute atomic E-state index is 12.7. The summed E-state index contributed by atoms with van der Waals surface area (Å²) in [4.78, 5) is 26.9. The summed E-state index contributed by atoms with van der Waals surface area (Å²) in [7, 11) is 0. The second-order valence-electron chi connectivity index (χ2n) is 6.93. The summed E-state index contributed by atoms with van der Waals surface area (Å²) in [5, 5.41) is 2.89. The molecule has 6 heteroatoms. The van der Waals surface area contributed by atoms with Gasteiger partial charge in [0.2, 0.25) is 5.91 Å². The highest BCUT2D eigenvalue weighted by Crippen LogP contribution is 2.34. The molecule has 1 unspecified atom stereocenters. The first kappa shape index (κ1) is 19.7. The van der Waals surface area contributed by atoms with E-state index in [1.165, 1.54) is 0 Å². The third-order valence-corrected chi connectivity index (χ3v) is 4.42. The third kappa shape index (κ3) is 4.44. The molecule has 0 spiro atoms. The molecular weight excluding hydrogens is 356 g/mol. The fraction of sp³-hybridized carbons (Fsp3) is 0.364. The number of carbonyl (C=O) groups is 2. The Labute approximate surface area is 165 Å². The van der Waals surface area contributed by atoms with Crippen molar-refractivity contribution in [3.63, 3.8) is 0 Å². The van der Waals surface area contributed by atoms with Crippen LogP contribution in [0.2, 0.25) is 0 Å². The number of rotatable bonds is 7. The van der Waals surface area contributed by atoms with E-state index in [0.717, 1.165) is 0 Å². The lowest BCUT2D eigenvalue weighted by atomic mass is 10.1. The molecule has 1 atom stereocenters. The number of carbonyl (C=O) groups excluding carboxylic acids is 2. The molecule has 1 aliphatic heterocycles. The number of nitrogens with one attached hydrogen (secondary N) is 1. The highest BCUT2D eigenvalue weighted by atomic mass is 16.5. The van der Waals surface area contributed by atoms with Gasteiger partial charge >= 0.3 is 0 Å². The quantitative estimate of drug-likeness (QED) is 0.786. The van der Waals surface area contributed by atoms with Crippen LogP contribution in [0.5, 0.6) is 11.5 Å². The minimum atomic E-state index is -0.516. The molecule has 0 aliphatic carbocycles. The van der Waals surface area contributed by atoms with Gasteiger partial charge in [-0.1, -0.05) is 31.2 Å². The van der Waals surface area contributed by atoms with Gasteiger partial charge in [0.25, 0.3) is 5.91 Å². The van der Waals surface area contributed by atoms with Crippen molar-refractivity contribution in [2.45, 2.75) is 45.8 Å². The van der Waals surface area contributed by atoms with Crippen molar-refractivity contribution in [3.8, 4) is 11.5 Å². The minimum absolute atomic E-state index is 0.00602. The molecule has 3 rings (SSSR count). The molecule has 1 heterocycles. The van der Waals surface area contributed by atoms with Gasteiger partial charge in [0.15, 0.2) is 6.10 Å². The summed E-state index contributed by atoms with van der Waals surface area (Å²) in [5.41, 5.74) is 1.33. The van der Waals surface area contributed by atoms with E-state index in [9.17, 15) is 9.59 Å². The van der Waals surface area contributed by atoms with Crippen LogP contribution in [-0.2, 0) is 9.59 Å². The smallest absolute Gasteiger partial charge is 0.268 e. The van der Waals surface area contributed by atoms with Crippen LogP contribution >= 0.6 is 0 Å². The van der Waals surface area contributed by atoms with Crippen LogP contribution in [0.15, 0.2) is 48.5 Å². The van der Waals surface area contributed by atoms with Crippen LogP contribution in [-0.4, -0.2) is 30.6 Å². The van der Waals surface area contributed by atoms with E-state index >= 15 is 0 Å². The lowest BCUT2D eigenvalue weighted by Gasteiger charge is -2.34. The summed E-state index contributed by atoms with van der Waals surface area (Å²) >= 11 is 0. The molecule has 2 aromatic carbocycles. The molecule has 1 aliphatic rings. The Balaban J connectivity index is 1.68. The predicted molar refractivity (Wildman–Crippen MR) is 109 cm³/mol. The largest absolute Gasteiger partial charge is 0.489 e. The number of fused-ring (bicyclic) bond motifs is 1. The zero-order valence-electron chi connectivity index (χ0n) is 16.5. The van der Waals surface area contributed by atoms with E-state index < -0.39 is 6.10 Å². The summed E-state index contributed by atoms with van der Waals surface area (Å²) < 4.78 is 11.5. The molecule has 0 aromatic heterocycles. The summed E-state index contributed by atoms with van der Waals surface area (Å²) in [6.07, 6.45) is 0.243. The highest BCUT2D eigenvalue weighted by Gasteiger charge is 2.33. The number of ether oxygens (including phenoxy) is 2. The van der Waals surface area contributed by atoms with Crippen molar-refractivity contribution in [3.05, 3.63) is 48.5 Å². The van der Waals surface area contributed by atoms with E-state index in [0.29, 0.717) is 29.3 Å². The van der Waals surface area contributed by atoms with Gasteiger partial charge in [-0.15, -0.1) is 0 Å². The van der Waals surface area contributed by atoms with Crippen LogP contribution in [0.3, 0.4) is 0 Å². The van der Waals surface area contributed by atoms with E-state index in [2.05, 4.69) is 5.32 Å². The molecule has 28 heavy (non-hydrogen) atoms. The number of hydrogen-bond donors (Lipinski definition) is 1. The van der Waals surface area contributed by atoms with Crippen molar-refractivity contribution < 1.29 is 19.1 Å². The molecule has 6 nitrogen and oxygen atoms in total. The SMILES string of the molecule is CCC1Oc2ccccc2N(CCC(=O)Nc2ccccc2OC(C)C)C1=O. The molecular formula is C22H26N2O4. The van der Waals surface area contributed by atoms with Crippen molar-refractivity contribution in [2.24, 2.45) is 0 Å². The fourth-order valence-electron chi connectivity index (χ4n) is 3.12. The molecule has 1 N–H and O–H groups in total. The maximum Gasteiger partial charge on any atom is 0.268 e. The number of benzene rings is 2. The van der Waals surface area contributed by atoms with Gasteiger partial charge in [0.05, 0.1) is 17.5 Å². The third-order valence-electron chi connectivity index (χ3n) is 4.42.